The largest absolute Gasteiger partial charge is 0.357 e. The van der Waals surface area contributed by atoms with Crippen molar-refractivity contribution in [3.8, 4) is 0 Å². The average molecular weight is 389 g/mol. The molecule has 0 saturated carbocycles. The highest BCUT2D eigenvalue weighted by molar-refractivity contribution is 6.01. The Labute approximate surface area is 172 Å². The zero-order chi connectivity index (χ0) is 20.4. The summed E-state index contributed by atoms with van der Waals surface area (Å²) in [4.78, 5) is 19.7. The summed E-state index contributed by atoms with van der Waals surface area (Å²) in [5, 5.41) is 6.95. The first-order valence-corrected chi connectivity index (χ1v) is 10.3. The van der Waals surface area contributed by atoms with Gasteiger partial charge in [0.25, 0.3) is 0 Å². The van der Waals surface area contributed by atoms with Crippen LogP contribution in [0.25, 0.3) is 10.9 Å². The minimum absolute atomic E-state index is 0.242. The summed E-state index contributed by atoms with van der Waals surface area (Å²) >= 11 is 0. The number of amides is 2. The summed E-state index contributed by atoms with van der Waals surface area (Å²) in [5.74, 6) is 1.06. The van der Waals surface area contributed by atoms with Crippen molar-refractivity contribution in [3.63, 3.8) is 0 Å². The van der Waals surface area contributed by atoms with Gasteiger partial charge in [0.05, 0.1) is 5.52 Å². The molecule has 4 rings (SSSR count). The number of urea groups is 1. The highest BCUT2D eigenvalue weighted by atomic mass is 16.2. The van der Waals surface area contributed by atoms with Crippen LogP contribution in [-0.2, 0) is 0 Å². The van der Waals surface area contributed by atoms with Crippen LogP contribution in [0.4, 0.5) is 22.0 Å². The van der Waals surface area contributed by atoms with Crippen LogP contribution in [0.2, 0.25) is 0 Å². The minimum atomic E-state index is -0.242. The number of fused-ring (bicyclic) bond motifs is 1. The lowest BCUT2D eigenvalue weighted by molar-refractivity contribution is 0.262. The predicted molar refractivity (Wildman–Crippen MR) is 121 cm³/mol. The van der Waals surface area contributed by atoms with E-state index in [-0.39, 0.29) is 6.03 Å². The zero-order valence-corrected chi connectivity index (χ0v) is 17.4. The molecule has 2 amide bonds. The van der Waals surface area contributed by atoms with Crippen molar-refractivity contribution in [2.24, 2.45) is 0 Å². The van der Waals surface area contributed by atoms with Crippen molar-refractivity contribution in [1.29, 1.82) is 0 Å². The van der Waals surface area contributed by atoms with Crippen LogP contribution in [0.15, 0.2) is 42.5 Å². The van der Waals surface area contributed by atoms with Gasteiger partial charge >= 0.3 is 6.03 Å². The summed E-state index contributed by atoms with van der Waals surface area (Å²) < 4.78 is 0. The Balaban J connectivity index is 1.53. The number of carbonyl (C=O) groups is 1. The molecule has 5 heteroatoms. The van der Waals surface area contributed by atoms with Gasteiger partial charge in [0, 0.05) is 29.9 Å². The molecule has 1 aliphatic rings. The number of aryl methyl sites for hydroxylation is 2. The molecule has 3 aromatic rings. The van der Waals surface area contributed by atoms with Crippen LogP contribution in [-0.4, -0.2) is 24.1 Å². The van der Waals surface area contributed by atoms with Crippen molar-refractivity contribution in [2.75, 3.05) is 28.6 Å². The quantitative estimate of drug-likeness (QED) is 0.597. The summed E-state index contributed by atoms with van der Waals surface area (Å²) in [6.07, 6.45) is 3.77. The Morgan fingerprint density at radius 2 is 1.72 bits per heavy atom. The molecular formula is C24H28N4O. The number of hydrogen-bond donors (Lipinski definition) is 2. The summed E-state index contributed by atoms with van der Waals surface area (Å²) in [6.45, 7) is 8.31. The van der Waals surface area contributed by atoms with Crippen molar-refractivity contribution < 1.29 is 4.79 Å². The van der Waals surface area contributed by atoms with E-state index in [0.29, 0.717) is 0 Å². The highest BCUT2D eigenvalue weighted by Crippen LogP contribution is 2.27. The fraction of sp³-hybridized carbons (Fsp3) is 0.333. The third-order valence-corrected chi connectivity index (χ3v) is 5.79. The van der Waals surface area contributed by atoms with Crippen LogP contribution >= 0.6 is 0 Å². The minimum Gasteiger partial charge on any atom is -0.357 e. The maximum atomic E-state index is 12.5. The Kier molecular flexibility index (Phi) is 5.38. The molecule has 2 aromatic carbocycles. The third kappa shape index (κ3) is 4.19. The van der Waals surface area contributed by atoms with Crippen molar-refractivity contribution in [2.45, 2.75) is 40.0 Å². The fourth-order valence-corrected chi connectivity index (χ4v) is 3.91. The van der Waals surface area contributed by atoms with E-state index < -0.39 is 0 Å². The molecule has 1 aliphatic heterocycles. The van der Waals surface area contributed by atoms with Crippen LogP contribution < -0.4 is 15.5 Å². The summed E-state index contributed by atoms with van der Waals surface area (Å²) in [6, 6.07) is 13.7. The fourth-order valence-electron chi connectivity index (χ4n) is 3.91. The first-order valence-electron chi connectivity index (χ1n) is 10.3. The second-order valence-electron chi connectivity index (χ2n) is 7.90. The number of nitrogens with one attached hydrogen (secondary N) is 2. The standard InChI is InChI=1S/C24H28N4O/c1-16-8-7-9-21(18(16)3)27-24(29)25-19-10-11-22-20(15-19)17(2)14-23(26-22)28-12-5-4-6-13-28/h7-11,14-15H,4-6,12-13H2,1-3H3,(H2,25,27,29). The van der Waals surface area contributed by atoms with E-state index in [1.54, 1.807) is 0 Å². The van der Waals surface area contributed by atoms with Gasteiger partial charge in [-0.1, -0.05) is 12.1 Å². The molecule has 150 valence electrons. The number of piperidine rings is 1. The number of pyridine rings is 1. The molecule has 0 unspecified atom stereocenters. The molecule has 1 fully saturated rings. The van der Waals surface area contributed by atoms with E-state index in [4.69, 9.17) is 4.98 Å². The number of aromatic nitrogens is 1. The van der Waals surface area contributed by atoms with E-state index in [1.165, 1.54) is 24.8 Å². The van der Waals surface area contributed by atoms with Gasteiger partial charge in [-0.2, -0.15) is 0 Å². The SMILES string of the molecule is Cc1cccc(NC(=O)Nc2ccc3nc(N4CCCCC4)cc(C)c3c2)c1C. The molecule has 0 radical (unpaired) electrons. The van der Waals surface area contributed by atoms with Crippen molar-refractivity contribution >= 4 is 34.1 Å². The number of hydrogen-bond acceptors (Lipinski definition) is 3. The second kappa shape index (κ2) is 8.11. The normalized spacial score (nSPS) is 14.1. The molecule has 0 bridgehead atoms. The van der Waals surface area contributed by atoms with E-state index in [2.05, 4.69) is 28.5 Å². The second-order valence-corrected chi connectivity index (χ2v) is 7.90. The Morgan fingerprint density at radius 3 is 2.52 bits per heavy atom. The number of anilines is 3. The molecule has 2 N–H and O–H groups in total. The molecule has 29 heavy (non-hydrogen) atoms. The molecule has 1 aromatic heterocycles. The van der Waals surface area contributed by atoms with Gasteiger partial charge in [-0.05, 0) is 87.1 Å². The van der Waals surface area contributed by atoms with E-state index in [0.717, 1.165) is 52.3 Å². The Bertz CT molecular complexity index is 1050. The first kappa shape index (κ1) is 19.2. The molecule has 2 heterocycles. The number of nitrogens with zero attached hydrogens (tertiary/aromatic N) is 2. The number of benzene rings is 2. The third-order valence-electron chi connectivity index (χ3n) is 5.79. The maximum absolute atomic E-state index is 12.5. The average Bonchev–Trinajstić information content (AvgIpc) is 2.72. The maximum Gasteiger partial charge on any atom is 0.323 e. The summed E-state index contributed by atoms with van der Waals surface area (Å²) in [5.41, 5.74) is 5.95. The highest BCUT2D eigenvalue weighted by Gasteiger charge is 2.14. The van der Waals surface area contributed by atoms with Crippen LogP contribution in [0.3, 0.4) is 0 Å². The van der Waals surface area contributed by atoms with Gasteiger partial charge in [-0.3, -0.25) is 0 Å². The Hall–Kier alpha value is -3.08. The van der Waals surface area contributed by atoms with Gasteiger partial charge in [0.15, 0.2) is 0 Å². The lowest BCUT2D eigenvalue weighted by atomic mass is 10.1. The lowest BCUT2D eigenvalue weighted by Gasteiger charge is -2.28. The zero-order valence-electron chi connectivity index (χ0n) is 17.4. The smallest absolute Gasteiger partial charge is 0.323 e. The molecule has 1 saturated heterocycles. The van der Waals surface area contributed by atoms with E-state index in [1.807, 2.05) is 50.2 Å². The van der Waals surface area contributed by atoms with E-state index >= 15 is 0 Å². The van der Waals surface area contributed by atoms with Gasteiger partial charge < -0.3 is 15.5 Å². The number of carbonyl (C=O) groups excluding carboxylic acids is 1. The van der Waals surface area contributed by atoms with Gasteiger partial charge in [0.1, 0.15) is 5.82 Å². The lowest BCUT2D eigenvalue weighted by Crippen LogP contribution is -2.30. The molecule has 0 aliphatic carbocycles. The molecular weight excluding hydrogens is 360 g/mol. The monoisotopic (exact) mass is 388 g/mol. The first-order chi connectivity index (χ1) is 14.0. The van der Waals surface area contributed by atoms with Gasteiger partial charge in [-0.15, -0.1) is 0 Å². The van der Waals surface area contributed by atoms with E-state index in [9.17, 15) is 4.79 Å². The Morgan fingerprint density at radius 1 is 0.931 bits per heavy atom. The predicted octanol–water partition coefficient (Wildman–Crippen LogP) is 5.79. The molecule has 5 nitrogen and oxygen atoms in total. The van der Waals surface area contributed by atoms with Crippen LogP contribution in [0.5, 0.6) is 0 Å². The van der Waals surface area contributed by atoms with Crippen molar-refractivity contribution in [3.05, 3.63) is 59.2 Å². The van der Waals surface area contributed by atoms with Crippen LogP contribution in [0, 0.1) is 20.8 Å². The van der Waals surface area contributed by atoms with Gasteiger partial charge in [0.2, 0.25) is 0 Å². The topological polar surface area (TPSA) is 57.3 Å². The van der Waals surface area contributed by atoms with Gasteiger partial charge in [-0.25, -0.2) is 9.78 Å². The van der Waals surface area contributed by atoms with Crippen molar-refractivity contribution in [1.82, 2.24) is 4.98 Å². The molecule has 0 atom stereocenters. The van der Waals surface area contributed by atoms with Crippen LogP contribution in [0.1, 0.15) is 36.0 Å². The number of rotatable bonds is 3. The summed E-state index contributed by atoms with van der Waals surface area (Å²) in [7, 11) is 0. The molecule has 0 spiro atoms.